The van der Waals surface area contributed by atoms with E-state index < -0.39 is 17.5 Å². The molecule has 3 aliphatic heterocycles. The number of aliphatic hydroxyl groups is 1. The summed E-state index contributed by atoms with van der Waals surface area (Å²) in [7, 11) is 1.35. The molecular weight excluding hydrogens is 332 g/mol. The molecule has 2 N–H and O–H groups in total. The molecule has 26 heavy (non-hydrogen) atoms. The number of rotatable bonds is 2. The van der Waals surface area contributed by atoms with Gasteiger partial charge in [-0.05, 0) is 37.9 Å². The molecule has 2 saturated heterocycles. The van der Waals surface area contributed by atoms with Crippen LogP contribution in [0.5, 0.6) is 0 Å². The number of para-hydroxylation sites is 1. The van der Waals surface area contributed by atoms with E-state index in [2.05, 4.69) is 16.3 Å². The Morgan fingerprint density at radius 3 is 2.85 bits per heavy atom. The van der Waals surface area contributed by atoms with Crippen molar-refractivity contribution in [3.05, 3.63) is 41.1 Å². The van der Waals surface area contributed by atoms with E-state index in [0.29, 0.717) is 12.0 Å². The number of fused-ring (bicyclic) bond motifs is 2. The van der Waals surface area contributed by atoms with Crippen molar-refractivity contribution < 1.29 is 19.4 Å². The summed E-state index contributed by atoms with van der Waals surface area (Å²) in [5, 5.41) is 14.7. The average Bonchev–Trinajstić information content (AvgIpc) is 3.18. The lowest BCUT2D eigenvalue weighted by atomic mass is 9.59. The lowest BCUT2D eigenvalue weighted by molar-refractivity contribution is -0.154. The van der Waals surface area contributed by atoms with Gasteiger partial charge in [-0.3, -0.25) is 9.69 Å². The van der Waals surface area contributed by atoms with Gasteiger partial charge in [0.1, 0.15) is 5.60 Å². The maximum atomic E-state index is 12.8. The second-order valence-electron chi connectivity index (χ2n) is 7.93. The first kappa shape index (κ1) is 16.0. The largest absolute Gasteiger partial charge is 0.466 e. The van der Waals surface area contributed by atoms with Gasteiger partial charge < -0.3 is 15.2 Å². The van der Waals surface area contributed by atoms with Crippen molar-refractivity contribution in [2.45, 2.75) is 36.8 Å². The molecular formula is C20H22N2O4. The fourth-order valence-electron chi connectivity index (χ4n) is 5.85. The predicted molar refractivity (Wildman–Crippen MR) is 94.5 cm³/mol. The monoisotopic (exact) mass is 354 g/mol. The van der Waals surface area contributed by atoms with Crippen molar-refractivity contribution in [2.24, 2.45) is 5.92 Å². The van der Waals surface area contributed by atoms with Crippen LogP contribution in [0.25, 0.3) is 0 Å². The molecule has 4 atom stereocenters. The molecule has 2 bridgehead atoms. The number of hydrogen-bond acceptors (Lipinski definition) is 6. The minimum atomic E-state index is -1.56. The smallest absolute Gasteiger partial charge is 0.335 e. The number of ketones is 1. The molecule has 1 spiro atoms. The minimum Gasteiger partial charge on any atom is -0.466 e. The fraction of sp³-hybridized carbons (Fsp3) is 0.500. The van der Waals surface area contributed by atoms with Gasteiger partial charge in [0.15, 0.2) is 5.78 Å². The summed E-state index contributed by atoms with van der Waals surface area (Å²) < 4.78 is 5.09. The molecule has 6 heteroatoms. The summed E-state index contributed by atoms with van der Waals surface area (Å²) >= 11 is 0. The van der Waals surface area contributed by atoms with Crippen LogP contribution in [0, 0.1) is 5.92 Å². The molecule has 4 aliphatic rings. The van der Waals surface area contributed by atoms with Crippen LogP contribution in [0.1, 0.15) is 25.3 Å². The Morgan fingerprint density at radius 1 is 1.35 bits per heavy atom. The maximum absolute atomic E-state index is 12.8. The number of carbonyl (C=O) groups is 2. The van der Waals surface area contributed by atoms with Crippen molar-refractivity contribution in [2.75, 3.05) is 25.5 Å². The lowest BCUT2D eigenvalue weighted by Crippen LogP contribution is -2.65. The van der Waals surface area contributed by atoms with E-state index in [9.17, 15) is 14.7 Å². The Labute approximate surface area is 151 Å². The molecule has 1 aromatic rings. The van der Waals surface area contributed by atoms with Crippen molar-refractivity contribution in [1.29, 1.82) is 0 Å². The summed E-state index contributed by atoms with van der Waals surface area (Å²) in [4.78, 5) is 27.4. The van der Waals surface area contributed by atoms with Crippen LogP contribution in [-0.2, 0) is 19.7 Å². The molecule has 1 aromatic carbocycles. The number of carbonyl (C=O) groups excluding carboxylic acids is 2. The quantitative estimate of drug-likeness (QED) is 0.777. The maximum Gasteiger partial charge on any atom is 0.335 e. The van der Waals surface area contributed by atoms with Gasteiger partial charge in [0.25, 0.3) is 0 Å². The van der Waals surface area contributed by atoms with Crippen LogP contribution in [0.2, 0.25) is 0 Å². The normalized spacial score (nSPS) is 37.0. The summed E-state index contributed by atoms with van der Waals surface area (Å²) in [5.74, 6) is -1.29. The first-order chi connectivity index (χ1) is 12.4. The number of nitrogens with zero attached hydrogens (tertiary/aromatic N) is 1. The van der Waals surface area contributed by atoms with Crippen LogP contribution in [0.3, 0.4) is 0 Å². The molecule has 1 unspecified atom stereocenters. The molecule has 6 nitrogen and oxygen atoms in total. The zero-order valence-corrected chi connectivity index (χ0v) is 14.9. The van der Waals surface area contributed by atoms with Gasteiger partial charge in [0.2, 0.25) is 0 Å². The molecule has 2 fully saturated rings. The highest BCUT2D eigenvalue weighted by molar-refractivity contribution is 5.97. The summed E-state index contributed by atoms with van der Waals surface area (Å²) in [5.41, 5.74) is 1.64. The van der Waals surface area contributed by atoms with Gasteiger partial charge in [-0.25, -0.2) is 4.79 Å². The van der Waals surface area contributed by atoms with E-state index in [1.807, 2.05) is 18.2 Å². The molecule has 0 saturated carbocycles. The number of esters is 1. The third kappa shape index (κ3) is 1.65. The molecule has 3 heterocycles. The van der Waals surface area contributed by atoms with E-state index in [1.165, 1.54) is 19.6 Å². The second kappa shape index (κ2) is 4.96. The number of piperidine rings is 1. The van der Waals surface area contributed by atoms with Crippen molar-refractivity contribution in [3.8, 4) is 0 Å². The number of benzene rings is 1. The van der Waals surface area contributed by atoms with E-state index in [-0.39, 0.29) is 23.8 Å². The van der Waals surface area contributed by atoms with Crippen LogP contribution >= 0.6 is 0 Å². The third-order valence-corrected chi connectivity index (χ3v) is 7.03. The van der Waals surface area contributed by atoms with Crippen LogP contribution in [0.4, 0.5) is 5.69 Å². The zero-order valence-electron chi connectivity index (χ0n) is 14.9. The Bertz CT molecular complexity index is 878. The predicted octanol–water partition coefficient (Wildman–Crippen LogP) is 1.20. The second-order valence-corrected chi connectivity index (χ2v) is 7.93. The number of Topliss-reactive ketones (excluding diaryl/α,β-unsaturated/α-hetero) is 1. The molecule has 0 aromatic heterocycles. The molecule has 5 rings (SSSR count). The summed E-state index contributed by atoms with van der Waals surface area (Å²) in [6.07, 6.45) is 1.44. The van der Waals surface area contributed by atoms with Gasteiger partial charge in [0.05, 0.1) is 18.1 Å². The standard InChI is InChI=1S/C20H22N2O4/c1-11(23)20(25)10-22-8-7-19-12-5-3-4-6-14(12)21-17(19)16(18(24)26-2)13(20)9-15(19)22/h3-6,13,15,21,25H,7-10H2,1-2H3/t13?,15-,19+,20+/m0/s1. The SMILES string of the molecule is COC(=O)C1=C2Nc3ccccc3[C@@]23CCN2C[C@@](O)(C(C)=O)C1C[C@H]23. The van der Waals surface area contributed by atoms with Crippen LogP contribution in [-0.4, -0.2) is 53.6 Å². The van der Waals surface area contributed by atoms with Gasteiger partial charge in [0, 0.05) is 29.9 Å². The number of nitrogens with one attached hydrogen (secondary N) is 1. The Balaban J connectivity index is 1.82. The number of hydrogen-bond donors (Lipinski definition) is 2. The molecule has 136 valence electrons. The Kier molecular flexibility index (Phi) is 3.06. The highest BCUT2D eigenvalue weighted by atomic mass is 16.5. The Hall–Kier alpha value is -2.18. The van der Waals surface area contributed by atoms with E-state index in [0.717, 1.165) is 24.4 Å². The van der Waals surface area contributed by atoms with Crippen molar-refractivity contribution in [1.82, 2.24) is 4.90 Å². The van der Waals surface area contributed by atoms with Crippen LogP contribution in [0.15, 0.2) is 35.5 Å². The third-order valence-electron chi connectivity index (χ3n) is 7.03. The van der Waals surface area contributed by atoms with Gasteiger partial charge >= 0.3 is 5.97 Å². The van der Waals surface area contributed by atoms with Crippen molar-refractivity contribution in [3.63, 3.8) is 0 Å². The van der Waals surface area contributed by atoms with Gasteiger partial charge in [-0.2, -0.15) is 0 Å². The van der Waals surface area contributed by atoms with Crippen LogP contribution < -0.4 is 5.32 Å². The number of anilines is 1. The zero-order chi connectivity index (χ0) is 18.3. The van der Waals surface area contributed by atoms with Gasteiger partial charge in [-0.1, -0.05) is 18.2 Å². The molecule has 0 amide bonds. The minimum absolute atomic E-state index is 0.173. The summed E-state index contributed by atoms with van der Waals surface area (Å²) in [6, 6.07) is 8.32. The van der Waals surface area contributed by atoms with E-state index >= 15 is 0 Å². The van der Waals surface area contributed by atoms with Crippen molar-refractivity contribution >= 4 is 17.4 Å². The first-order valence-corrected chi connectivity index (χ1v) is 9.10. The number of methoxy groups -OCH3 is 1. The topological polar surface area (TPSA) is 78.9 Å². The molecule has 1 aliphatic carbocycles. The fourth-order valence-corrected chi connectivity index (χ4v) is 5.85. The average molecular weight is 354 g/mol. The Morgan fingerprint density at radius 2 is 2.12 bits per heavy atom. The molecule has 0 radical (unpaired) electrons. The summed E-state index contributed by atoms with van der Waals surface area (Å²) in [6.45, 7) is 2.48. The first-order valence-electron chi connectivity index (χ1n) is 9.10. The highest BCUT2D eigenvalue weighted by Crippen LogP contribution is 2.61. The van der Waals surface area contributed by atoms with E-state index in [1.54, 1.807) is 0 Å². The highest BCUT2D eigenvalue weighted by Gasteiger charge is 2.66. The lowest BCUT2D eigenvalue weighted by Gasteiger charge is -2.53. The van der Waals surface area contributed by atoms with Gasteiger partial charge in [-0.15, -0.1) is 0 Å². The number of ether oxygens (including phenoxy) is 1. The van der Waals surface area contributed by atoms with E-state index in [4.69, 9.17) is 4.74 Å².